The van der Waals surface area contributed by atoms with Gasteiger partial charge in [0.2, 0.25) is 70.9 Å². The minimum Gasteiger partial charge on any atom is -0.355 e. The molecule has 0 aromatic carbocycles. The lowest BCUT2D eigenvalue weighted by Crippen LogP contribution is -2.43. The maximum atomic E-state index is 13.7. The van der Waals surface area contributed by atoms with Crippen LogP contribution in [0.3, 0.4) is 0 Å². The van der Waals surface area contributed by atoms with Crippen LogP contribution >= 0.6 is 0 Å². The van der Waals surface area contributed by atoms with Gasteiger partial charge in [0.25, 0.3) is 0 Å². The van der Waals surface area contributed by atoms with Crippen molar-refractivity contribution in [3.63, 3.8) is 0 Å². The van der Waals surface area contributed by atoms with Crippen LogP contribution in [0, 0.1) is 0 Å². The Balaban J connectivity index is 6.83. The minimum atomic E-state index is -0.306. The zero-order valence-electron chi connectivity index (χ0n) is 60.1. The average Bonchev–Trinajstić information content (AvgIpc) is 1.53. The SMILES string of the molecule is C=NCCNC(=O)CCN(CCNC(=O)CCN(CCC(=O)NCCN(CCC(=O)NCCN)CCC(=O)NCCN)CCN(CCC(=O)NCCN(CCC(=O)NCCN)CCC(=O)NCCN)CCC(=O)NCCN(CCC(=O)NCCN)CCC(=O)NCCN)CCC(=O)NCCN. The van der Waals surface area contributed by atoms with E-state index in [0.717, 1.165) is 0 Å². The fourth-order valence-electron chi connectivity index (χ4n) is 9.64. The van der Waals surface area contributed by atoms with Gasteiger partial charge in [-0.1, -0.05) is 0 Å². The third-order valence-corrected chi connectivity index (χ3v) is 15.5. The van der Waals surface area contributed by atoms with Crippen LogP contribution in [0.2, 0.25) is 0 Å². The average molecular weight is 1440 g/mol. The number of nitrogens with zero attached hydrogens (tertiary/aromatic N) is 7. The summed E-state index contributed by atoms with van der Waals surface area (Å²) in [6, 6.07) is 0. The van der Waals surface area contributed by atoms with Crippen molar-refractivity contribution in [1.82, 2.24) is 93.2 Å². The third kappa shape index (κ3) is 58.0. The molecular weight excluding hydrogens is 1310 g/mol. The van der Waals surface area contributed by atoms with Crippen LogP contribution in [-0.2, 0) is 57.5 Å². The Bertz CT molecular complexity index is 2190. The van der Waals surface area contributed by atoms with Crippen LogP contribution in [0.1, 0.15) is 77.0 Å². The summed E-state index contributed by atoms with van der Waals surface area (Å²) >= 11 is 0. The molecule has 0 fully saturated rings. The van der Waals surface area contributed by atoms with Crippen LogP contribution < -0.4 is 104 Å². The molecule has 12 amide bonds. The molecule has 38 heteroatoms. The molecule has 0 saturated heterocycles. The highest BCUT2D eigenvalue weighted by Gasteiger charge is 2.20. The van der Waals surface area contributed by atoms with Crippen molar-refractivity contribution in [2.24, 2.45) is 45.1 Å². The van der Waals surface area contributed by atoms with Gasteiger partial charge in [0.1, 0.15) is 0 Å². The standard InChI is InChI=1S/C63H128N26O12/c1-71-28-29-79-59(97)9-41-87(40-8-58(96)78-27-20-70)49-33-83-63(101)13-45-89(44-12-62(100)82-32-48-86(38-6-56(94)76-25-18-68)39-7-57(95)77-26-19-69)51-50-88(42-10-60(98)80-30-46-84(34-2-52(90)72-21-14-64)35-3-53(91)73-22-15-65)43-11-61(99)81-31-47-85(36-4-54(92)74-23-16-66)37-5-55(93)75-24-17-67/h1-51,64-70H2,(H,72,90)(H,73,91)(H,74,92)(H,75,93)(H,76,94)(H,77,95)(H,78,96)(H,79,97)(H,80,98)(H,81,99)(H,82,100)(H,83,101). The van der Waals surface area contributed by atoms with Gasteiger partial charge >= 0.3 is 0 Å². The highest BCUT2D eigenvalue weighted by Crippen LogP contribution is 2.04. The lowest BCUT2D eigenvalue weighted by Gasteiger charge is -2.28. The number of carbonyl (C=O) groups excluding carboxylic acids is 12. The zero-order valence-corrected chi connectivity index (χ0v) is 60.1. The molecular formula is C63H128N26O12. The van der Waals surface area contributed by atoms with E-state index in [1.165, 1.54) is 0 Å². The smallest absolute Gasteiger partial charge is 0.221 e. The second-order valence-corrected chi connectivity index (χ2v) is 23.7. The topological polar surface area (TPSA) is 563 Å². The van der Waals surface area contributed by atoms with Gasteiger partial charge in [-0.05, 0) is 6.72 Å². The molecule has 0 radical (unpaired) electrons. The maximum absolute atomic E-state index is 13.7. The molecule has 101 heavy (non-hydrogen) atoms. The van der Waals surface area contributed by atoms with E-state index in [0.29, 0.717) is 137 Å². The van der Waals surface area contributed by atoms with Crippen molar-refractivity contribution >= 4 is 77.6 Å². The van der Waals surface area contributed by atoms with E-state index in [1.54, 1.807) is 0 Å². The summed E-state index contributed by atoms with van der Waals surface area (Å²) in [6.07, 6.45) is 1.12. The summed E-state index contributed by atoms with van der Waals surface area (Å²) in [7, 11) is 0. The molecule has 0 aliphatic carbocycles. The number of carbonyl (C=O) groups is 12. The zero-order chi connectivity index (χ0) is 74.9. The molecule has 0 spiro atoms. The fourth-order valence-corrected chi connectivity index (χ4v) is 9.64. The predicted octanol–water partition coefficient (Wildman–Crippen LogP) is -10.7. The Labute approximate surface area is 597 Å². The lowest BCUT2D eigenvalue weighted by atomic mass is 10.2. The van der Waals surface area contributed by atoms with Crippen LogP contribution in [-0.4, -0.2) is 356 Å². The van der Waals surface area contributed by atoms with E-state index >= 15 is 0 Å². The van der Waals surface area contributed by atoms with E-state index in [9.17, 15) is 57.5 Å². The molecule has 26 N–H and O–H groups in total. The van der Waals surface area contributed by atoms with E-state index in [2.05, 4.69) is 75.5 Å². The molecule has 0 heterocycles. The van der Waals surface area contributed by atoms with Crippen LogP contribution in [0.5, 0.6) is 0 Å². The first-order valence-electron chi connectivity index (χ1n) is 35.6. The van der Waals surface area contributed by atoms with Gasteiger partial charge in [-0.2, -0.15) is 0 Å². The van der Waals surface area contributed by atoms with Crippen molar-refractivity contribution in [3.8, 4) is 0 Å². The number of amides is 12. The lowest BCUT2D eigenvalue weighted by molar-refractivity contribution is -0.123. The van der Waals surface area contributed by atoms with Gasteiger partial charge in [0.15, 0.2) is 0 Å². The normalized spacial score (nSPS) is 11.2. The predicted molar refractivity (Wildman–Crippen MR) is 388 cm³/mol. The van der Waals surface area contributed by atoms with Gasteiger partial charge in [-0.15, -0.1) is 0 Å². The highest BCUT2D eigenvalue weighted by molar-refractivity contribution is 5.80. The summed E-state index contributed by atoms with van der Waals surface area (Å²) in [5.41, 5.74) is 38.9. The molecule has 0 aromatic rings. The molecule has 0 aromatic heterocycles. The minimum absolute atomic E-state index is 0.00186. The first-order valence-corrected chi connectivity index (χ1v) is 35.6. The van der Waals surface area contributed by atoms with Crippen LogP contribution in [0.4, 0.5) is 0 Å². The number of nitrogens with one attached hydrogen (secondary N) is 12. The molecule has 0 saturated carbocycles. The van der Waals surface area contributed by atoms with E-state index in [-0.39, 0.29) is 259 Å². The maximum Gasteiger partial charge on any atom is 0.221 e. The van der Waals surface area contributed by atoms with Crippen molar-refractivity contribution < 1.29 is 57.5 Å². The Morgan fingerprint density at radius 1 is 0.198 bits per heavy atom. The monoisotopic (exact) mass is 1440 g/mol. The first-order chi connectivity index (χ1) is 48.7. The molecule has 0 rings (SSSR count). The van der Waals surface area contributed by atoms with Gasteiger partial charge < -0.3 is 133 Å². The van der Waals surface area contributed by atoms with Crippen LogP contribution in [0.25, 0.3) is 0 Å². The summed E-state index contributed by atoms with van der Waals surface area (Å²) < 4.78 is 0. The summed E-state index contributed by atoms with van der Waals surface area (Å²) in [4.78, 5) is 170. The quantitative estimate of drug-likeness (QED) is 0.0199. The Kier molecular flexibility index (Phi) is 60.2. The first kappa shape index (κ1) is 93.8. The van der Waals surface area contributed by atoms with Crippen LogP contribution in [0.15, 0.2) is 4.99 Å². The number of hydrogen-bond donors (Lipinski definition) is 19. The Hall–Kier alpha value is -7.21. The van der Waals surface area contributed by atoms with E-state index < -0.39 is 0 Å². The molecule has 582 valence electrons. The number of nitrogens with two attached hydrogens (primary N) is 7. The molecule has 0 aliphatic rings. The van der Waals surface area contributed by atoms with E-state index in [4.69, 9.17) is 40.1 Å². The van der Waals surface area contributed by atoms with E-state index in [1.807, 2.05) is 29.4 Å². The molecule has 38 nitrogen and oxygen atoms in total. The summed E-state index contributed by atoms with van der Waals surface area (Å²) in [5.74, 6) is -2.88. The van der Waals surface area contributed by atoms with Crippen molar-refractivity contribution in [3.05, 3.63) is 0 Å². The van der Waals surface area contributed by atoms with Gasteiger partial charge in [0, 0.05) is 319 Å². The summed E-state index contributed by atoms with van der Waals surface area (Å²) in [6.45, 7) is 14.0. The van der Waals surface area contributed by atoms with Gasteiger partial charge in [-0.3, -0.25) is 62.5 Å². The van der Waals surface area contributed by atoms with Crippen molar-refractivity contribution in [2.45, 2.75) is 77.0 Å². The van der Waals surface area contributed by atoms with Gasteiger partial charge in [-0.25, -0.2) is 0 Å². The Morgan fingerprint density at radius 2 is 0.327 bits per heavy atom. The molecule has 0 unspecified atom stereocenters. The number of rotatable bonds is 68. The molecule has 0 bridgehead atoms. The number of aliphatic imine (C=N–C) groups is 1. The highest BCUT2D eigenvalue weighted by atomic mass is 16.2. The summed E-state index contributed by atoms with van der Waals surface area (Å²) in [5, 5.41) is 33.7. The second kappa shape index (κ2) is 64.9. The Morgan fingerprint density at radius 3 is 0.465 bits per heavy atom. The fraction of sp³-hybridized carbons (Fsp3) is 0.794. The van der Waals surface area contributed by atoms with Gasteiger partial charge in [0.05, 0.1) is 6.54 Å². The molecule has 0 aliphatic heterocycles. The molecule has 0 atom stereocenters. The largest absolute Gasteiger partial charge is 0.355 e. The van der Waals surface area contributed by atoms with Crippen molar-refractivity contribution in [2.75, 3.05) is 249 Å². The van der Waals surface area contributed by atoms with Crippen molar-refractivity contribution in [1.29, 1.82) is 0 Å². The third-order valence-electron chi connectivity index (χ3n) is 15.5. The number of hydrogen-bond acceptors (Lipinski definition) is 26. The second-order valence-electron chi connectivity index (χ2n) is 23.7.